The van der Waals surface area contributed by atoms with E-state index in [4.69, 9.17) is 5.73 Å². The molecule has 0 bridgehead atoms. The number of nitrogens with two attached hydrogens (primary N) is 1. The van der Waals surface area contributed by atoms with E-state index in [0.717, 1.165) is 31.2 Å². The fraction of sp³-hybridized carbons (Fsp3) is 0.533. The van der Waals surface area contributed by atoms with Gasteiger partial charge in [0.25, 0.3) is 0 Å². The van der Waals surface area contributed by atoms with E-state index in [0.29, 0.717) is 13.0 Å². The van der Waals surface area contributed by atoms with Gasteiger partial charge in [-0.1, -0.05) is 31.4 Å². The van der Waals surface area contributed by atoms with Crippen LogP contribution in [0.25, 0.3) is 0 Å². The normalized spacial score (nSPS) is 17.9. The third kappa shape index (κ3) is 4.24. The zero-order valence-corrected chi connectivity index (χ0v) is 11.2. The van der Waals surface area contributed by atoms with Crippen LogP contribution in [0.1, 0.15) is 44.1 Å². The Morgan fingerprint density at radius 3 is 2.47 bits per heavy atom. The molecule has 104 valence electrons. The topological polar surface area (TPSA) is 75.4 Å². The van der Waals surface area contributed by atoms with Gasteiger partial charge in [0.05, 0.1) is 0 Å². The van der Waals surface area contributed by atoms with Gasteiger partial charge in [-0.15, -0.1) is 0 Å². The number of hydrogen-bond donors (Lipinski definition) is 3. The van der Waals surface area contributed by atoms with Crippen LogP contribution >= 0.6 is 0 Å². The largest absolute Gasteiger partial charge is 0.508 e. The van der Waals surface area contributed by atoms with Gasteiger partial charge in [-0.2, -0.15) is 0 Å². The van der Waals surface area contributed by atoms with Gasteiger partial charge in [0.15, 0.2) is 0 Å². The van der Waals surface area contributed by atoms with Gasteiger partial charge in [0, 0.05) is 18.5 Å². The molecule has 0 heterocycles. The van der Waals surface area contributed by atoms with E-state index in [1.807, 2.05) is 0 Å². The predicted octanol–water partition coefficient (Wildman–Crippen LogP) is 2.06. The fourth-order valence-electron chi connectivity index (χ4n) is 2.63. The van der Waals surface area contributed by atoms with Crippen LogP contribution in [-0.2, 0) is 11.3 Å². The van der Waals surface area contributed by atoms with Crippen LogP contribution in [0.5, 0.6) is 5.75 Å². The minimum absolute atomic E-state index is 0.0116. The van der Waals surface area contributed by atoms with E-state index in [9.17, 15) is 9.90 Å². The molecule has 0 aromatic heterocycles. The summed E-state index contributed by atoms with van der Waals surface area (Å²) in [6, 6.07) is 6.84. The fourth-order valence-corrected chi connectivity index (χ4v) is 2.63. The summed E-state index contributed by atoms with van der Waals surface area (Å²) in [6.45, 7) is 0.481. The summed E-state index contributed by atoms with van der Waals surface area (Å²) < 4.78 is 0. The summed E-state index contributed by atoms with van der Waals surface area (Å²) >= 11 is 0. The minimum atomic E-state index is -0.308. The molecule has 1 amide bonds. The van der Waals surface area contributed by atoms with Crippen molar-refractivity contribution in [2.45, 2.75) is 50.6 Å². The quantitative estimate of drug-likeness (QED) is 0.777. The molecule has 0 saturated heterocycles. The molecule has 0 radical (unpaired) electrons. The number of benzene rings is 1. The molecule has 19 heavy (non-hydrogen) atoms. The smallest absolute Gasteiger partial charge is 0.222 e. The van der Waals surface area contributed by atoms with Crippen molar-refractivity contribution in [3.8, 4) is 5.75 Å². The van der Waals surface area contributed by atoms with Crippen molar-refractivity contribution in [1.29, 1.82) is 0 Å². The lowest BCUT2D eigenvalue weighted by molar-refractivity contribution is -0.122. The number of rotatable bonds is 4. The van der Waals surface area contributed by atoms with Gasteiger partial charge in [-0.25, -0.2) is 0 Å². The molecule has 0 atom stereocenters. The van der Waals surface area contributed by atoms with Crippen molar-refractivity contribution in [2.24, 2.45) is 5.73 Å². The standard InChI is InChI=1S/C15H22N2O2/c16-15(8-2-1-3-9-15)10-14(19)17-11-12-4-6-13(18)7-5-12/h4-7,18H,1-3,8-11,16H2,(H,17,19). The molecule has 0 aliphatic heterocycles. The first kappa shape index (κ1) is 13.9. The van der Waals surface area contributed by atoms with Gasteiger partial charge in [-0.3, -0.25) is 4.79 Å². The third-order valence-corrected chi connectivity index (χ3v) is 3.79. The van der Waals surface area contributed by atoms with Crippen LogP contribution in [0.3, 0.4) is 0 Å². The van der Waals surface area contributed by atoms with Gasteiger partial charge < -0.3 is 16.2 Å². The number of nitrogens with one attached hydrogen (secondary N) is 1. The Bertz CT molecular complexity index is 422. The third-order valence-electron chi connectivity index (χ3n) is 3.79. The molecular weight excluding hydrogens is 240 g/mol. The molecule has 1 saturated carbocycles. The first-order chi connectivity index (χ1) is 9.07. The maximum absolute atomic E-state index is 11.9. The van der Waals surface area contributed by atoms with Crippen molar-refractivity contribution in [3.63, 3.8) is 0 Å². The number of aromatic hydroxyl groups is 1. The van der Waals surface area contributed by atoms with Crippen LogP contribution in [0.4, 0.5) is 0 Å². The summed E-state index contributed by atoms with van der Waals surface area (Å²) in [4.78, 5) is 11.9. The average Bonchev–Trinajstić information content (AvgIpc) is 2.38. The number of phenolic OH excluding ortho intramolecular Hbond substituents is 1. The van der Waals surface area contributed by atoms with Gasteiger partial charge in [0.2, 0.25) is 5.91 Å². The van der Waals surface area contributed by atoms with Gasteiger partial charge >= 0.3 is 0 Å². The highest BCUT2D eigenvalue weighted by atomic mass is 16.3. The minimum Gasteiger partial charge on any atom is -0.508 e. The Hall–Kier alpha value is -1.55. The van der Waals surface area contributed by atoms with E-state index in [1.165, 1.54) is 6.42 Å². The van der Waals surface area contributed by atoms with Crippen LogP contribution in [0.2, 0.25) is 0 Å². The lowest BCUT2D eigenvalue weighted by Crippen LogP contribution is -2.45. The SMILES string of the molecule is NC1(CC(=O)NCc2ccc(O)cc2)CCCCC1. The predicted molar refractivity (Wildman–Crippen MR) is 74.6 cm³/mol. The van der Waals surface area contributed by atoms with Crippen LogP contribution < -0.4 is 11.1 Å². The van der Waals surface area contributed by atoms with Crippen molar-refractivity contribution >= 4 is 5.91 Å². The van der Waals surface area contributed by atoms with E-state index in [1.54, 1.807) is 24.3 Å². The molecule has 1 aromatic carbocycles. The van der Waals surface area contributed by atoms with Crippen molar-refractivity contribution in [2.75, 3.05) is 0 Å². The highest BCUT2D eigenvalue weighted by Crippen LogP contribution is 2.28. The Kier molecular flexibility index (Phi) is 4.43. The molecule has 4 N–H and O–H groups in total. The second-order valence-corrected chi connectivity index (χ2v) is 5.54. The molecule has 4 heteroatoms. The molecule has 1 aliphatic rings. The maximum atomic E-state index is 11.9. The van der Waals surface area contributed by atoms with Crippen LogP contribution in [0.15, 0.2) is 24.3 Å². The molecule has 0 spiro atoms. The monoisotopic (exact) mass is 262 g/mol. The molecule has 1 aromatic rings. The number of carbonyl (C=O) groups is 1. The first-order valence-electron chi connectivity index (χ1n) is 6.91. The summed E-state index contributed by atoms with van der Waals surface area (Å²) in [7, 11) is 0. The summed E-state index contributed by atoms with van der Waals surface area (Å²) in [5.74, 6) is 0.246. The Balaban J connectivity index is 1.79. The van der Waals surface area contributed by atoms with Crippen molar-refractivity contribution in [1.82, 2.24) is 5.32 Å². The zero-order valence-electron chi connectivity index (χ0n) is 11.2. The second-order valence-electron chi connectivity index (χ2n) is 5.54. The van der Waals surface area contributed by atoms with Crippen molar-refractivity contribution in [3.05, 3.63) is 29.8 Å². The molecule has 4 nitrogen and oxygen atoms in total. The molecular formula is C15H22N2O2. The van der Waals surface area contributed by atoms with Crippen molar-refractivity contribution < 1.29 is 9.90 Å². The molecule has 2 rings (SSSR count). The van der Waals surface area contributed by atoms with E-state index in [2.05, 4.69) is 5.32 Å². The van der Waals surface area contributed by atoms with E-state index < -0.39 is 0 Å². The number of carbonyl (C=O) groups excluding carboxylic acids is 1. The Morgan fingerprint density at radius 2 is 1.84 bits per heavy atom. The first-order valence-corrected chi connectivity index (χ1v) is 6.91. The highest BCUT2D eigenvalue weighted by molar-refractivity contribution is 5.77. The Labute approximate surface area is 114 Å². The van der Waals surface area contributed by atoms with Gasteiger partial charge in [-0.05, 0) is 30.5 Å². The number of amides is 1. The highest BCUT2D eigenvalue weighted by Gasteiger charge is 2.29. The summed E-state index contributed by atoms with van der Waals surface area (Å²) in [5.41, 5.74) is 6.92. The summed E-state index contributed by atoms with van der Waals surface area (Å²) in [5, 5.41) is 12.1. The van der Waals surface area contributed by atoms with E-state index >= 15 is 0 Å². The maximum Gasteiger partial charge on any atom is 0.222 e. The lowest BCUT2D eigenvalue weighted by Gasteiger charge is -2.32. The number of phenols is 1. The zero-order chi connectivity index (χ0) is 13.7. The van der Waals surface area contributed by atoms with E-state index in [-0.39, 0.29) is 17.2 Å². The molecule has 0 unspecified atom stereocenters. The summed E-state index contributed by atoms with van der Waals surface area (Å²) in [6.07, 6.45) is 5.78. The van der Waals surface area contributed by atoms with Crippen LogP contribution in [0, 0.1) is 0 Å². The average molecular weight is 262 g/mol. The van der Waals surface area contributed by atoms with Crippen LogP contribution in [-0.4, -0.2) is 16.6 Å². The lowest BCUT2D eigenvalue weighted by atomic mass is 9.80. The number of hydrogen-bond acceptors (Lipinski definition) is 3. The molecule has 1 aliphatic carbocycles. The second kappa shape index (κ2) is 6.06. The van der Waals surface area contributed by atoms with Gasteiger partial charge in [0.1, 0.15) is 5.75 Å². The Morgan fingerprint density at radius 1 is 1.21 bits per heavy atom. The molecule has 1 fully saturated rings.